The lowest BCUT2D eigenvalue weighted by atomic mass is 10.1. The van der Waals surface area contributed by atoms with Crippen molar-refractivity contribution < 1.29 is 14.8 Å². The highest BCUT2D eigenvalue weighted by atomic mass is 79.9. The van der Waals surface area contributed by atoms with E-state index in [4.69, 9.17) is 5.11 Å². The number of hydrogen-bond donors (Lipinski definition) is 2. The van der Waals surface area contributed by atoms with Crippen LogP contribution < -0.4 is 5.32 Å². The van der Waals surface area contributed by atoms with E-state index in [-0.39, 0.29) is 16.9 Å². The molecule has 108 valence electrons. The van der Waals surface area contributed by atoms with Gasteiger partial charge in [0.1, 0.15) is 5.69 Å². The van der Waals surface area contributed by atoms with E-state index in [1.54, 1.807) is 18.2 Å². The summed E-state index contributed by atoms with van der Waals surface area (Å²) in [5, 5.41) is 22.9. The number of carboxylic acid groups (broad SMARTS) is 1. The van der Waals surface area contributed by atoms with Crippen molar-refractivity contribution in [2.24, 2.45) is 0 Å². The van der Waals surface area contributed by atoms with Gasteiger partial charge in [0.25, 0.3) is 5.69 Å². The van der Waals surface area contributed by atoms with Crippen LogP contribution in [0.5, 0.6) is 0 Å². The summed E-state index contributed by atoms with van der Waals surface area (Å²) in [5.74, 6) is -1.15. The lowest BCUT2D eigenvalue weighted by Gasteiger charge is -2.10. The Morgan fingerprint density at radius 3 is 2.48 bits per heavy atom. The van der Waals surface area contributed by atoms with Gasteiger partial charge in [-0.2, -0.15) is 0 Å². The van der Waals surface area contributed by atoms with Crippen molar-refractivity contribution in [3.63, 3.8) is 0 Å². The van der Waals surface area contributed by atoms with Crippen LogP contribution in [0.15, 0.2) is 45.3 Å². The van der Waals surface area contributed by atoms with E-state index in [1.807, 2.05) is 0 Å². The van der Waals surface area contributed by atoms with Crippen LogP contribution in [0, 0.1) is 10.1 Å². The first-order chi connectivity index (χ1) is 9.88. The summed E-state index contributed by atoms with van der Waals surface area (Å²) in [7, 11) is 0. The van der Waals surface area contributed by atoms with Crippen LogP contribution in [-0.2, 0) is 0 Å². The summed E-state index contributed by atoms with van der Waals surface area (Å²) in [5.41, 5.74) is 0.454. The second-order valence-corrected chi connectivity index (χ2v) is 5.81. The van der Waals surface area contributed by atoms with E-state index < -0.39 is 10.9 Å². The third-order valence-corrected chi connectivity index (χ3v) is 3.82. The molecule has 0 saturated carbocycles. The van der Waals surface area contributed by atoms with Crippen molar-refractivity contribution in [1.29, 1.82) is 0 Å². The Bertz CT molecular complexity index is 734. The molecule has 0 atom stereocenters. The Morgan fingerprint density at radius 1 is 1.14 bits per heavy atom. The van der Waals surface area contributed by atoms with Crippen LogP contribution in [-0.4, -0.2) is 16.0 Å². The molecule has 0 aliphatic carbocycles. The number of halogens is 2. The summed E-state index contributed by atoms with van der Waals surface area (Å²) in [4.78, 5) is 21.5. The second kappa shape index (κ2) is 6.23. The molecule has 0 aliphatic rings. The van der Waals surface area contributed by atoms with Gasteiger partial charge in [-0.1, -0.05) is 15.9 Å². The van der Waals surface area contributed by atoms with Crippen molar-refractivity contribution in [2.45, 2.75) is 0 Å². The molecule has 0 bridgehead atoms. The Morgan fingerprint density at radius 2 is 1.86 bits per heavy atom. The molecule has 0 aromatic heterocycles. The largest absolute Gasteiger partial charge is 0.478 e. The van der Waals surface area contributed by atoms with Gasteiger partial charge >= 0.3 is 5.97 Å². The van der Waals surface area contributed by atoms with Crippen molar-refractivity contribution in [2.75, 3.05) is 5.32 Å². The summed E-state index contributed by atoms with van der Waals surface area (Å²) in [6.45, 7) is 0. The summed E-state index contributed by atoms with van der Waals surface area (Å²) in [6, 6.07) is 8.88. The molecule has 2 aromatic rings. The van der Waals surface area contributed by atoms with Crippen LogP contribution >= 0.6 is 31.9 Å². The predicted octanol–water partition coefficient (Wildman–Crippen LogP) is 4.56. The highest BCUT2D eigenvalue weighted by Crippen LogP contribution is 2.33. The number of nitro groups is 1. The maximum atomic E-state index is 11.0. The molecule has 0 radical (unpaired) electrons. The van der Waals surface area contributed by atoms with Gasteiger partial charge in [0, 0.05) is 15.0 Å². The highest BCUT2D eigenvalue weighted by Gasteiger charge is 2.17. The van der Waals surface area contributed by atoms with E-state index in [2.05, 4.69) is 37.2 Å². The third-order valence-electron chi connectivity index (χ3n) is 2.64. The number of rotatable bonds is 4. The van der Waals surface area contributed by atoms with Crippen LogP contribution in [0.2, 0.25) is 0 Å². The fourth-order valence-corrected chi connectivity index (χ4v) is 2.37. The topological polar surface area (TPSA) is 92.5 Å². The van der Waals surface area contributed by atoms with Gasteiger partial charge in [-0.15, -0.1) is 0 Å². The van der Waals surface area contributed by atoms with E-state index in [0.29, 0.717) is 10.2 Å². The Kier molecular flexibility index (Phi) is 4.59. The van der Waals surface area contributed by atoms with Crippen LogP contribution in [0.25, 0.3) is 0 Å². The van der Waals surface area contributed by atoms with E-state index >= 15 is 0 Å². The number of hydrogen-bond acceptors (Lipinski definition) is 4. The zero-order chi connectivity index (χ0) is 15.6. The molecule has 21 heavy (non-hydrogen) atoms. The Hall–Kier alpha value is -1.93. The monoisotopic (exact) mass is 414 g/mol. The maximum absolute atomic E-state index is 11.0. The average molecular weight is 416 g/mol. The third kappa shape index (κ3) is 3.59. The minimum absolute atomic E-state index is 0.0331. The number of carboxylic acids is 1. The SMILES string of the molecule is O=C(O)c1ccc([N+](=O)[O-])c(Nc2cc(Br)ccc2Br)c1. The number of nitrogens with zero attached hydrogens (tertiary/aromatic N) is 1. The van der Waals surface area contributed by atoms with E-state index in [9.17, 15) is 14.9 Å². The van der Waals surface area contributed by atoms with Crippen molar-refractivity contribution in [1.82, 2.24) is 0 Å². The first-order valence-corrected chi connectivity index (χ1v) is 7.21. The van der Waals surface area contributed by atoms with Crippen LogP contribution in [0.3, 0.4) is 0 Å². The highest BCUT2D eigenvalue weighted by molar-refractivity contribution is 9.11. The number of nitrogens with one attached hydrogen (secondary N) is 1. The zero-order valence-corrected chi connectivity index (χ0v) is 13.5. The molecule has 2 rings (SSSR count). The fourth-order valence-electron chi connectivity index (χ4n) is 1.67. The number of anilines is 2. The maximum Gasteiger partial charge on any atom is 0.335 e. The van der Waals surface area contributed by atoms with Gasteiger partial charge in [0.15, 0.2) is 0 Å². The number of benzene rings is 2. The van der Waals surface area contributed by atoms with Crippen molar-refractivity contribution >= 4 is 54.9 Å². The second-order valence-electron chi connectivity index (χ2n) is 4.04. The first kappa shape index (κ1) is 15.5. The molecule has 2 N–H and O–H groups in total. The molecular formula is C13H8Br2N2O4. The average Bonchev–Trinajstić information content (AvgIpc) is 2.42. The summed E-state index contributed by atoms with van der Waals surface area (Å²) < 4.78 is 1.48. The standard InChI is InChI=1S/C13H8Br2N2O4/c14-8-2-3-9(15)10(6-8)16-11-5-7(13(18)19)1-4-12(11)17(20)21/h1-6,16H,(H,18,19). The first-order valence-electron chi connectivity index (χ1n) is 5.62. The molecule has 0 spiro atoms. The summed E-state index contributed by atoms with van der Waals surface area (Å²) in [6.07, 6.45) is 0. The molecule has 0 saturated heterocycles. The molecule has 2 aromatic carbocycles. The lowest BCUT2D eigenvalue weighted by molar-refractivity contribution is -0.383. The number of nitro benzene ring substituents is 1. The van der Waals surface area contributed by atoms with Crippen LogP contribution in [0.4, 0.5) is 17.1 Å². The molecule has 0 unspecified atom stereocenters. The normalized spacial score (nSPS) is 10.2. The lowest BCUT2D eigenvalue weighted by Crippen LogP contribution is -2.02. The zero-order valence-electron chi connectivity index (χ0n) is 10.3. The molecule has 8 heteroatoms. The smallest absolute Gasteiger partial charge is 0.335 e. The van der Waals surface area contributed by atoms with E-state index in [1.165, 1.54) is 12.1 Å². The fraction of sp³-hybridized carbons (Fsp3) is 0. The van der Waals surface area contributed by atoms with Gasteiger partial charge in [-0.3, -0.25) is 10.1 Å². The number of carbonyl (C=O) groups is 1. The minimum Gasteiger partial charge on any atom is -0.478 e. The molecule has 6 nitrogen and oxygen atoms in total. The molecule has 0 amide bonds. The van der Waals surface area contributed by atoms with Crippen molar-refractivity contribution in [3.05, 3.63) is 61.0 Å². The Balaban J connectivity index is 2.50. The van der Waals surface area contributed by atoms with Gasteiger partial charge in [0.05, 0.1) is 16.2 Å². The van der Waals surface area contributed by atoms with Gasteiger partial charge < -0.3 is 10.4 Å². The van der Waals surface area contributed by atoms with Gasteiger partial charge in [-0.25, -0.2) is 4.79 Å². The molecule has 0 fully saturated rings. The quantitative estimate of drug-likeness (QED) is 0.563. The van der Waals surface area contributed by atoms with Gasteiger partial charge in [-0.05, 0) is 46.3 Å². The molecular weight excluding hydrogens is 408 g/mol. The molecule has 0 aliphatic heterocycles. The summed E-state index contributed by atoms with van der Waals surface area (Å²) >= 11 is 6.63. The van der Waals surface area contributed by atoms with E-state index in [0.717, 1.165) is 10.5 Å². The van der Waals surface area contributed by atoms with Gasteiger partial charge in [0.2, 0.25) is 0 Å². The minimum atomic E-state index is -1.15. The number of aromatic carboxylic acids is 1. The molecule has 0 heterocycles. The Labute approximate surface area is 136 Å². The van der Waals surface area contributed by atoms with Crippen LogP contribution in [0.1, 0.15) is 10.4 Å². The van der Waals surface area contributed by atoms with Crippen molar-refractivity contribution in [3.8, 4) is 0 Å². The predicted molar refractivity (Wildman–Crippen MR) is 85.2 cm³/mol.